The van der Waals surface area contributed by atoms with Crippen molar-refractivity contribution in [2.45, 2.75) is 13.3 Å². The molecule has 0 aliphatic rings. The molecule has 0 spiro atoms. The third kappa shape index (κ3) is 5.88. The van der Waals surface area contributed by atoms with Crippen molar-refractivity contribution in [3.05, 3.63) is 0 Å². The highest BCUT2D eigenvalue weighted by Gasteiger charge is 1.80. The monoisotopic (exact) mass is 118 g/mol. The van der Waals surface area contributed by atoms with Gasteiger partial charge in [0.05, 0.1) is 6.61 Å². The van der Waals surface area contributed by atoms with Crippen molar-refractivity contribution in [3.63, 3.8) is 0 Å². The topological polar surface area (TPSA) is 47.3 Å². The van der Waals surface area contributed by atoms with Gasteiger partial charge in [0.2, 0.25) is 0 Å². The van der Waals surface area contributed by atoms with Gasteiger partial charge in [-0.25, -0.2) is 5.48 Å². The Morgan fingerprint density at radius 2 is 2.38 bits per heavy atom. The highest BCUT2D eigenvalue weighted by atomic mass is 16.6. The predicted octanol–water partition coefficient (Wildman–Crippen LogP) is -0.124. The maximum Gasteiger partial charge on any atom is 0.0653 e. The van der Waals surface area contributed by atoms with Crippen molar-refractivity contribution in [1.29, 1.82) is 0 Å². The molecular formula is C5H14N2O. The molecule has 0 amide bonds. The van der Waals surface area contributed by atoms with E-state index >= 15 is 0 Å². The smallest absolute Gasteiger partial charge is 0.0653 e. The Balaban J connectivity index is 2.53. The SMILES string of the molecule is CCONCCCN. The molecule has 0 unspecified atom stereocenters. The van der Waals surface area contributed by atoms with Gasteiger partial charge >= 0.3 is 0 Å². The predicted molar refractivity (Wildman–Crippen MR) is 33.3 cm³/mol. The number of hydroxylamine groups is 1. The number of nitrogens with two attached hydrogens (primary N) is 1. The fraction of sp³-hybridized carbons (Fsp3) is 1.00. The first-order chi connectivity index (χ1) is 3.91. The summed E-state index contributed by atoms with van der Waals surface area (Å²) in [6.07, 6.45) is 0.972. The molecule has 3 N–H and O–H groups in total. The van der Waals surface area contributed by atoms with Crippen molar-refractivity contribution in [3.8, 4) is 0 Å². The standard InChI is InChI=1S/C5H14N2O/c1-2-8-7-5-3-4-6/h7H,2-6H2,1H3. The average Bonchev–Trinajstić information content (AvgIpc) is 1.81. The second kappa shape index (κ2) is 6.88. The summed E-state index contributed by atoms with van der Waals surface area (Å²) in [4.78, 5) is 4.83. The molecule has 0 bridgehead atoms. The fourth-order valence-electron chi connectivity index (χ4n) is 0.348. The van der Waals surface area contributed by atoms with Crippen LogP contribution in [-0.4, -0.2) is 19.7 Å². The molecule has 8 heavy (non-hydrogen) atoms. The van der Waals surface area contributed by atoms with Gasteiger partial charge in [-0.1, -0.05) is 0 Å². The van der Waals surface area contributed by atoms with Gasteiger partial charge in [0.1, 0.15) is 0 Å². The van der Waals surface area contributed by atoms with Crippen LogP contribution in [0.25, 0.3) is 0 Å². The van der Waals surface area contributed by atoms with Crippen LogP contribution < -0.4 is 11.2 Å². The van der Waals surface area contributed by atoms with Crippen molar-refractivity contribution >= 4 is 0 Å². The van der Waals surface area contributed by atoms with Crippen molar-refractivity contribution in [2.24, 2.45) is 5.73 Å². The molecule has 0 aliphatic heterocycles. The molecule has 0 aromatic carbocycles. The van der Waals surface area contributed by atoms with E-state index in [2.05, 4.69) is 5.48 Å². The van der Waals surface area contributed by atoms with Gasteiger partial charge in [-0.05, 0) is 19.9 Å². The van der Waals surface area contributed by atoms with Crippen molar-refractivity contribution in [2.75, 3.05) is 19.7 Å². The average molecular weight is 118 g/mol. The van der Waals surface area contributed by atoms with Gasteiger partial charge in [-0.15, -0.1) is 0 Å². The van der Waals surface area contributed by atoms with Crippen LogP contribution in [0.5, 0.6) is 0 Å². The lowest BCUT2D eigenvalue weighted by Gasteiger charge is -1.99. The van der Waals surface area contributed by atoms with E-state index < -0.39 is 0 Å². The Kier molecular flexibility index (Phi) is 6.78. The minimum Gasteiger partial charge on any atom is -0.330 e. The van der Waals surface area contributed by atoms with E-state index in [4.69, 9.17) is 10.6 Å². The zero-order valence-corrected chi connectivity index (χ0v) is 5.31. The van der Waals surface area contributed by atoms with Crippen molar-refractivity contribution < 1.29 is 4.84 Å². The molecule has 0 atom stereocenters. The molecule has 3 heteroatoms. The lowest BCUT2D eigenvalue weighted by molar-refractivity contribution is 0.0508. The third-order valence-corrected chi connectivity index (χ3v) is 0.729. The quantitative estimate of drug-likeness (QED) is 0.390. The molecule has 0 aliphatic carbocycles. The Morgan fingerprint density at radius 1 is 1.62 bits per heavy atom. The van der Waals surface area contributed by atoms with Gasteiger partial charge in [0.15, 0.2) is 0 Å². The van der Waals surface area contributed by atoms with Gasteiger partial charge < -0.3 is 10.6 Å². The van der Waals surface area contributed by atoms with E-state index in [0.29, 0.717) is 6.61 Å². The molecule has 3 nitrogen and oxygen atoms in total. The van der Waals surface area contributed by atoms with Crippen LogP contribution in [0.2, 0.25) is 0 Å². The summed E-state index contributed by atoms with van der Waals surface area (Å²) in [7, 11) is 0. The Hall–Kier alpha value is -0.120. The van der Waals surface area contributed by atoms with E-state index in [-0.39, 0.29) is 0 Å². The molecular weight excluding hydrogens is 104 g/mol. The van der Waals surface area contributed by atoms with E-state index in [1.807, 2.05) is 6.92 Å². The minimum absolute atomic E-state index is 0.713. The molecule has 0 heterocycles. The molecule has 0 saturated heterocycles. The summed E-state index contributed by atoms with van der Waals surface area (Å²) >= 11 is 0. The number of hydrogen-bond acceptors (Lipinski definition) is 3. The van der Waals surface area contributed by atoms with E-state index in [0.717, 1.165) is 19.5 Å². The Morgan fingerprint density at radius 3 is 2.88 bits per heavy atom. The molecule has 50 valence electrons. The lowest BCUT2D eigenvalue weighted by atomic mass is 10.4. The Labute approximate surface area is 50.2 Å². The molecule has 0 aromatic rings. The summed E-state index contributed by atoms with van der Waals surface area (Å²) in [6.45, 7) is 4.23. The molecule has 0 saturated carbocycles. The molecule has 0 fully saturated rings. The van der Waals surface area contributed by atoms with Crippen LogP contribution in [-0.2, 0) is 4.84 Å². The largest absolute Gasteiger partial charge is 0.330 e. The van der Waals surface area contributed by atoms with E-state index in [1.165, 1.54) is 0 Å². The summed E-state index contributed by atoms with van der Waals surface area (Å²) in [5.41, 5.74) is 7.97. The van der Waals surface area contributed by atoms with E-state index in [1.54, 1.807) is 0 Å². The second-order valence-corrected chi connectivity index (χ2v) is 1.47. The maximum atomic E-state index is 5.22. The second-order valence-electron chi connectivity index (χ2n) is 1.47. The lowest BCUT2D eigenvalue weighted by Crippen LogP contribution is -2.18. The van der Waals surface area contributed by atoms with Crippen LogP contribution in [0.3, 0.4) is 0 Å². The molecule has 0 rings (SSSR count). The van der Waals surface area contributed by atoms with Gasteiger partial charge in [-0.2, -0.15) is 0 Å². The van der Waals surface area contributed by atoms with Crippen LogP contribution in [0.4, 0.5) is 0 Å². The summed E-state index contributed by atoms with van der Waals surface area (Å²) in [5, 5.41) is 0. The first kappa shape index (κ1) is 7.88. The molecule has 0 radical (unpaired) electrons. The number of nitrogens with one attached hydrogen (secondary N) is 1. The summed E-state index contributed by atoms with van der Waals surface area (Å²) < 4.78 is 0. The zero-order chi connectivity index (χ0) is 6.24. The third-order valence-electron chi connectivity index (χ3n) is 0.729. The van der Waals surface area contributed by atoms with Crippen molar-refractivity contribution in [1.82, 2.24) is 5.48 Å². The number of rotatable bonds is 5. The zero-order valence-electron chi connectivity index (χ0n) is 5.31. The van der Waals surface area contributed by atoms with Gasteiger partial charge in [0, 0.05) is 6.54 Å². The summed E-state index contributed by atoms with van der Waals surface area (Å²) in [5.74, 6) is 0. The highest BCUT2D eigenvalue weighted by molar-refractivity contribution is 4.36. The normalized spacial score (nSPS) is 9.75. The van der Waals surface area contributed by atoms with Gasteiger partial charge in [0.25, 0.3) is 0 Å². The maximum absolute atomic E-state index is 5.22. The fourth-order valence-corrected chi connectivity index (χ4v) is 0.348. The van der Waals surface area contributed by atoms with Crippen LogP contribution in [0.15, 0.2) is 0 Å². The minimum atomic E-state index is 0.713. The van der Waals surface area contributed by atoms with E-state index in [9.17, 15) is 0 Å². The first-order valence-corrected chi connectivity index (χ1v) is 2.96. The van der Waals surface area contributed by atoms with Crippen LogP contribution >= 0.6 is 0 Å². The Bertz CT molecular complexity index is 35.4. The molecule has 0 aromatic heterocycles. The van der Waals surface area contributed by atoms with Crippen LogP contribution in [0, 0.1) is 0 Å². The summed E-state index contributed by atoms with van der Waals surface area (Å²) in [6, 6.07) is 0. The van der Waals surface area contributed by atoms with Crippen LogP contribution in [0.1, 0.15) is 13.3 Å². The number of hydrogen-bond donors (Lipinski definition) is 2. The first-order valence-electron chi connectivity index (χ1n) is 2.96. The highest BCUT2D eigenvalue weighted by Crippen LogP contribution is 1.69. The van der Waals surface area contributed by atoms with Gasteiger partial charge in [-0.3, -0.25) is 0 Å².